The molecule has 2 aliphatic heterocycles. The van der Waals surface area contributed by atoms with Gasteiger partial charge in [0.1, 0.15) is 5.69 Å². The lowest BCUT2D eigenvalue weighted by molar-refractivity contribution is 0.0946. The van der Waals surface area contributed by atoms with Crippen LogP contribution < -0.4 is 20.4 Å². The molecule has 2 N–H and O–H groups in total. The van der Waals surface area contributed by atoms with Crippen molar-refractivity contribution >= 4 is 35.5 Å². The van der Waals surface area contributed by atoms with E-state index in [1.807, 2.05) is 6.07 Å². The maximum absolute atomic E-state index is 13.1. The molecule has 1 saturated heterocycles. The van der Waals surface area contributed by atoms with Gasteiger partial charge in [0.05, 0.1) is 17.9 Å². The van der Waals surface area contributed by atoms with E-state index >= 15 is 0 Å². The molecule has 2 bridgehead atoms. The van der Waals surface area contributed by atoms with Crippen LogP contribution in [0.4, 0.5) is 16.3 Å². The number of amides is 3. The lowest BCUT2D eigenvalue weighted by atomic mass is 10.1. The third-order valence-electron chi connectivity index (χ3n) is 5.03. The molecule has 2 fully saturated rings. The molecule has 0 spiro atoms. The van der Waals surface area contributed by atoms with Gasteiger partial charge in [-0.3, -0.25) is 20.0 Å². The summed E-state index contributed by atoms with van der Waals surface area (Å²) in [6.45, 7) is 5.15. The lowest BCUT2D eigenvalue weighted by Crippen LogP contribution is -2.52. The third-order valence-corrected chi connectivity index (χ3v) is 5.03. The number of aliphatic imine (C=N–C) groups is 2. The molecule has 1 aliphatic carbocycles. The molecule has 28 heavy (non-hydrogen) atoms. The fourth-order valence-electron chi connectivity index (χ4n) is 3.57. The van der Waals surface area contributed by atoms with Gasteiger partial charge in [-0.15, -0.1) is 0 Å². The zero-order valence-corrected chi connectivity index (χ0v) is 15.8. The molecule has 4 rings (SSSR count). The Hall–Kier alpha value is -3.23. The fourth-order valence-corrected chi connectivity index (χ4v) is 3.57. The summed E-state index contributed by atoms with van der Waals surface area (Å²) in [5.74, 6) is 0.596. The predicted octanol–water partition coefficient (Wildman–Crippen LogP) is 1.32. The van der Waals surface area contributed by atoms with E-state index in [9.17, 15) is 9.59 Å². The van der Waals surface area contributed by atoms with Gasteiger partial charge in [0.2, 0.25) is 0 Å². The highest BCUT2D eigenvalue weighted by molar-refractivity contribution is 6.33. The number of nitrogens with one attached hydrogen (secondary N) is 2. The highest BCUT2D eigenvalue weighted by atomic mass is 16.2. The minimum Gasteiger partial charge on any atom is -0.366 e. The van der Waals surface area contributed by atoms with E-state index in [4.69, 9.17) is 0 Å². The SMILES string of the molecule is C=CN=C(C=NC)NC(=O)N1c2nc(C(=O)NC3CC3)ccc2N2CCC1C2. The minimum atomic E-state index is -0.347. The number of urea groups is 1. The molecule has 3 amide bonds. The van der Waals surface area contributed by atoms with Crippen molar-refractivity contribution in [3.8, 4) is 0 Å². The summed E-state index contributed by atoms with van der Waals surface area (Å²) in [5.41, 5.74) is 1.18. The minimum absolute atomic E-state index is 0.00899. The summed E-state index contributed by atoms with van der Waals surface area (Å²) < 4.78 is 0. The van der Waals surface area contributed by atoms with E-state index in [-0.39, 0.29) is 24.0 Å². The number of amidine groups is 1. The normalized spacial score (nSPS) is 20.9. The van der Waals surface area contributed by atoms with Gasteiger partial charge in [0.25, 0.3) is 5.91 Å². The first kappa shape index (κ1) is 18.1. The summed E-state index contributed by atoms with van der Waals surface area (Å²) >= 11 is 0. The van der Waals surface area contributed by atoms with Gasteiger partial charge in [-0.2, -0.15) is 0 Å². The number of carbonyl (C=O) groups excluding carboxylic acids is 2. The summed E-state index contributed by atoms with van der Waals surface area (Å²) in [6, 6.07) is 3.49. The first-order valence-electron chi connectivity index (χ1n) is 9.38. The average Bonchev–Trinajstić information content (AvgIpc) is 3.40. The molecule has 1 unspecified atom stereocenters. The summed E-state index contributed by atoms with van der Waals surface area (Å²) in [6.07, 6.45) is 5.65. The maximum Gasteiger partial charge on any atom is 0.329 e. The second-order valence-electron chi connectivity index (χ2n) is 7.06. The maximum atomic E-state index is 13.1. The first-order valence-corrected chi connectivity index (χ1v) is 9.38. The van der Waals surface area contributed by atoms with Crippen molar-refractivity contribution in [1.29, 1.82) is 0 Å². The standard InChI is InChI=1S/C19H23N7O2/c1-3-21-16(10-20-2)24-19(28)26-13-8-9-25(11-13)15-7-6-14(23-17(15)26)18(27)22-12-4-5-12/h3,6-7,10,12-13H,1,4-5,8-9,11H2,2H3,(H,22,27)(H,21,24,28). The number of rotatable bonds is 4. The zero-order chi connectivity index (χ0) is 19.7. The molecule has 1 saturated carbocycles. The van der Waals surface area contributed by atoms with Gasteiger partial charge < -0.3 is 10.2 Å². The van der Waals surface area contributed by atoms with Gasteiger partial charge >= 0.3 is 6.03 Å². The smallest absolute Gasteiger partial charge is 0.329 e. The van der Waals surface area contributed by atoms with E-state index in [1.54, 1.807) is 18.0 Å². The number of pyridine rings is 1. The highest BCUT2D eigenvalue weighted by Crippen LogP contribution is 2.38. The van der Waals surface area contributed by atoms with Crippen LogP contribution in [0.2, 0.25) is 0 Å². The van der Waals surface area contributed by atoms with E-state index in [0.29, 0.717) is 17.3 Å². The number of hydrogen-bond acceptors (Lipinski definition) is 6. The van der Waals surface area contributed by atoms with Crippen LogP contribution in [0.25, 0.3) is 0 Å². The Balaban J connectivity index is 1.64. The second kappa shape index (κ2) is 7.41. The molecule has 0 aromatic carbocycles. The monoisotopic (exact) mass is 381 g/mol. The van der Waals surface area contributed by atoms with Gasteiger partial charge in [-0.1, -0.05) is 6.58 Å². The average molecular weight is 381 g/mol. The van der Waals surface area contributed by atoms with Crippen LogP contribution in [0, 0.1) is 0 Å². The third kappa shape index (κ3) is 3.47. The van der Waals surface area contributed by atoms with Crippen molar-refractivity contribution in [2.75, 3.05) is 29.9 Å². The molecular formula is C19H23N7O2. The molecule has 0 radical (unpaired) electrons. The van der Waals surface area contributed by atoms with Crippen molar-refractivity contribution in [1.82, 2.24) is 15.6 Å². The highest BCUT2D eigenvalue weighted by Gasteiger charge is 2.40. The number of anilines is 2. The van der Waals surface area contributed by atoms with Crippen LogP contribution in [-0.4, -0.2) is 61.2 Å². The molecule has 1 aromatic rings. The van der Waals surface area contributed by atoms with Gasteiger partial charge in [-0.05, 0) is 31.4 Å². The van der Waals surface area contributed by atoms with Crippen LogP contribution in [0.5, 0.6) is 0 Å². The topological polar surface area (TPSA) is 102 Å². The van der Waals surface area contributed by atoms with Crippen molar-refractivity contribution < 1.29 is 9.59 Å². The number of fused-ring (bicyclic) bond motifs is 4. The molecule has 3 aliphatic rings. The Kier molecular flexibility index (Phi) is 4.81. The van der Waals surface area contributed by atoms with Crippen molar-refractivity contribution in [3.63, 3.8) is 0 Å². The Morgan fingerprint density at radius 2 is 2.14 bits per heavy atom. The van der Waals surface area contributed by atoms with Crippen LogP contribution in [0.1, 0.15) is 29.8 Å². The van der Waals surface area contributed by atoms with E-state index in [1.165, 1.54) is 12.4 Å². The summed E-state index contributed by atoms with van der Waals surface area (Å²) in [5, 5.41) is 5.70. The Labute approximate surface area is 163 Å². The van der Waals surface area contributed by atoms with Gasteiger partial charge in [0.15, 0.2) is 11.7 Å². The number of aromatic nitrogens is 1. The Morgan fingerprint density at radius 3 is 2.86 bits per heavy atom. The quantitative estimate of drug-likeness (QED) is 0.607. The molecule has 9 nitrogen and oxygen atoms in total. The number of hydrogen-bond donors (Lipinski definition) is 2. The summed E-state index contributed by atoms with van der Waals surface area (Å²) in [7, 11) is 1.60. The van der Waals surface area contributed by atoms with Crippen LogP contribution in [0.3, 0.4) is 0 Å². The first-order chi connectivity index (χ1) is 13.6. The molecule has 9 heteroatoms. The van der Waals surface area contributed by atoms with E-state index < -0.39 is 0 Å². The molecule has 1 aromatic heterocycles. The van der Waals surface area contributed by atoms with Crippen LogP contribution in [0.15, 0.2) is 34.9 Å². The Bertz CT molecular complexity index is 875. The fraction of sp³-hybridized carbons (Fsp3) is 0.421. The van der Waals surface area contributed by atoms with E-state index in [0.717, 1.165) is 38.0 Å². The molecule has 146 valence electrons. The molecule has 1 atom stereocenters. The zero-order valence-electron chi connectivity index (χ0n) is 15.8. The van der Waals surface area contributed by atoms with Gasteiger partial charge in [-0.25, -0.2) is 14.8 Å². The van der Waals surface area contributed by atoms with Crippen LogP contribution >= 0.6 is 0 Å². The van der Waals surface area contributed by atoms with Crippen molar-refractivity contribution in [3.05, 3.63) is 30.6 Å². The number of carbonyl (C=O) groups is 2. The molecular weight excluding hydrogens is 358 g/mol. The number of nitrogens with zero attached hydrogens (tertiary/aromatic N) is 5. The Morgan fingerprint density at radius 1 is 1.32 bits per heavy atom. The molecule has 3 heterocycles. The van der Waals surface area contributed by atoms with Crippen LogP contribution in [-0.2, 0) is 0 Å². The predicted molar refractivity (Wildman–Crippen MR) is 108 cm³/mol. The lowest BCUT2D eigenvalue weighted by Gasteiger charge is -2.35. The van der Waals surface area contributed by atoms with Gasteiger partial charge in [0, 0.05) is 32.4 Å². The summed E-state index contributed by atoms with van der Waals surface area (Å²) in [4.78, 5) is 41.8. The van der Waals surface area contributed by atoms with E-state index in [2.05, 4.69) is 37.1 Å². The van der Waals surface area contributed by atoms with Crippen molar-refractivity contribution in [2.24, 2.45) is 9.98 Å². The van der Waals surface area contributed by atoms with Crippen molar-refractivity contribution in [2.45, 2.75) is 31.3 Å². The second-order valence-corrected chi connectivity index (χ2v) is 7.06. The largest absolute Gasteiger partial charge is 0.366 e.